The summed E-state index contributed by atoms with van der Waals surface area (Å²) in [7, 11) is 4.08. The third-order valence-electron chi connectivity index (χ3n) is 2.63. The van der Waals surface area contributed by atoms with Crippen molar-refractivity contribution in [3.63, 3.8) is 0 Å². The van der Waals surface area contributed by atoms with Crippen molar-refractivity contribution in [2.24, 2.45) is 0 Å². The summed E-state index contributed by atoms with van der Waals surface area (Å²) in [5.74, 6) is 0. The molecule has 0 amide bonds. The molecule has 2 nitrogen and oxygen atoms in total. The molecule has 0 aromatic heterocycles. The van der Waals surface area contributed by atoms with Gasteiger partial charge in [-0.3, -0.25) is 0 Å². The van der Waals surface area contributed by atoms with E-state index >= 15 is 0 Å². The third-order valence-corrected chi connectivity index (χ3v) is 2.63. The third kappa shape index (κ3) is 2.16. The molecule has 0 bridgehead atoms. The molecule has 0 aliphatic heterocycles. The molecule has 0 saturated heterocycles. The van der Waals surface area contributed by atoms with Gasteiger partial charge in [0.2, 0.25) is 0 Å². The number of hydrogen-bond donors (Lipinski definition) is 1. The zero-order valence-corrected chi connectivity index (χ0v) is 9.64. The standard InChI is InChI=1S/C14H16N2/c1-16(2)14-9-5-12(6-10-14)11-3-7-13(15)8-4-11/h3-10H,15H2,1-2H3. The highest BCUT2D eigenvalue weighted by Gasteiger charge is 1.98. The second-order valence-electron chi connectivity index (χ2n) is 4.06. The predicted octanol–water partition coefficient (Wildman–Crippen LogP) is 3.00. The Bertz CT molecular complexity index is 455. The van der Waals surface area contributed by atoms with Crippen LogP contribution in [0.5, 0.6) is 0 Å². The van der Waals surface area contributed by atoms with Gasteiger partial charge >= 0.3 is 0 Å². The van der Waals surface area contributed by atoms with Crippen LogP contribution in [0.3, 0.4) is 0 Å². The molecule has 0 unspecified atom stereocenters. The molecule has 0 saturated carbocycles. The summed E-state index contributed by atoms with van der Waals surface area (Å²) in [6.07, 6.45) is 0. The smallest absolute Gasteiger partial charge is 0.0361 e. The molecule has 2 heteroatoms. The highest BCUT2D eigenvalue weighted by Crippen LogP contribution is 2.23. The fraction of sp³-hybridized carbons (Fsp3) is 0.143. The van der Waals surface area contributed by atoms with Crippen LogP contribution in [0.4, 0.5) is 11.4 Å². The summed E-state index contributed by atoms with van der Waals surface area (Å²) in [4.78, 5) is 2.09. The summed E-state index contributed by atoms with van der Waals surface area (Å²) in [6, 6.07) is 16.4. The Morgan fingerprint density at radius 3 is 1.62 bits per heavy atom. The van der Waals surface area contributed by atoms with E-state index in [1.807, 2.05) is 38.4 Å². The molecule has 0 fully saturated rings. The first kappa shape index (κ1) is 10.6. The van der Waals surface area contributed by atoms with Gasteiger partial charge in [-0.1, -0.05) is 24.3 Å². The Balaban J connectivity index is 2.31. The first-order valence-corrected chi connectivity index (χ1v) is 5.30. The number of nitrogens with two attached hydrogens (primary N) is 1. The number of hydrogen-bond acceptors (Lipinski definition) is 2. The van der Waals surface area contributed by atoms with Crippen LogP contribution in [-0.4, -0.2) is 14.1 Å². The monoisotopic (exact) mass is 212 g/mol. The molecule has 0 aliphatic carbocycles. The largest absolute Gasteiger partial charge is 0.399 e. The maximum atomic E-state index is 5.66. The molecular weight excluding hydrogens is 196 g/mol. The van der Waals surface area contributed by atoms with E-state index in [4.69, 9.17) is 5.73 Å². The molecule has 82 valence electrons. The lowest BCUT2D eigenvalue weighted by Crippen LogP contribution is -2.07. The fourth-order valence-electron chi connectivity index (χ4n) is 1.63. The van der Waals surface area contributed by atoms with Gasteiger partial charge in [-0.05, 0) is 35.4 Å². The van der Waals surface area contributed by atoms with Gasteiger partial charge in [-0.25, -0.2) is 0 Å². The van der Waals surface area contributed by atoms with Crippen molar-refractivity contribution in [2.75, 3.05) is 24.7 Å². The maximum Gasteiger partial charge on any atom is 0.0361 e. The van der Waals surface area contributed by atoms with Crippen LogP contribution in [-0.2, 0) is 0 Å². The molecule has 2 rings (SSSR count). The van der Waals surface area contributed by atoms with Crippen molar-refractivity contribution >= 4 is 11.4 Å². The van der Waals surface area contributed by atoms with E-state index in [0.29, 0.717) is 0 Å². The molecule has 2 aromatic carbocycles. The first-order chi connectivity index (χ1) is 7.66. The molecule has 2 N–H and O–H groups in total. The van der Waals surface area contributed by atoms with Crippen molar-refractivity contribution in [1.82, 2.24) is 0 Å². The zero-order chi connectivity index (χ0) is 11.5. The number of benzene rings is 2. The van der Waals surface area contributed by atoms with E-state index < -0.39 is 0 Å². The SMILES string of the molecule is CN(C)c1ccc(-c2ccc(N)cc2)cc1. The Morgan fingerprint density at radius 1 is 0.750 bits per heavy atom. The van der Waals surface area contributed by atoms with Gasteiger partial charge in [0.15, 0.2) is 0 Å². The van der Waals surface area contributed by atoms with Crippen LogP contribution < -0.4 is 10.6 Å². The highest BCUT2D eigenvalue weighted by molar-refractivity contribution is 5.67. The molecule has 0 spiro atoms. The topological polar surface area (TPSA) is 29.3 Å². The van der Waals surface area contributed by atoms with Gasteiger partial charge < -0.3 is 10.6 Å². The van der Waals surface area contributed by atoms with Gasteiger partial charge in [0.05, 0.1) is 0 Å². The van der Waals surface area contributed by atoms with Crippen LogP contribution >= 0.6 is 0 Å². The summed E-state index contributed by atoms with van der Waals surface area (Å²) in [5.41, 5.74) is 10.1. The van der Waals surface area contributed by atoms with Gasteiger partial charge in [-0.15, -0.1) is 0 Å². The molecular formula is C14H16N2. The molecule has 2 aromatic rings. The van der Waals surface area contributed by atoms with Crippen molar-refractivity contribution in [1.29, 1.82) is 0 Å². The maximum absolute atomic E-state index is 5.66. The van der Waals surface area contributed by atoms with Crippen LogP contribution in [0.25, 0.3) is 11.1 Å². The lowest BCUT2D eigenvalue weighted by molar-refractivity contribution is 1.13. The molecule has 0 radical (unpaired) electrons. The predicted molar refractivity (Wildman–Crippen MR) is 70.6 cm³/mol. The summed E-state index contributed by atoms with van der Waals surface area (Å²) < 4.78 is 0. The van der Waals surface area contributed by atoms with E-state index in [1.54, 1.807) is 0 Å². The van der Waals surface area contributed by atoms with Crippen LogP contribution in [0.15, 0.2) is 48.5 Å². The normalized spacial score (nSPS) is 10.1. The Hall–Kier alpha value is -1.96. The minimum Gasteiger partial charge on any atom is -0.399 e. The molecule has 0 atom stereocenters. The van der Waals surface area contributed by atoms with Crippen molar-refractivity contribution in [2.45, 2.75) is 0 Å². The van der Waals surface area contributed by atoms with E-state index in [9.17, 15) is 0 Å². The minimum atomic E-state index is 0.800. The highest BCUT2D eigenvalue weighted by atomic mass is 15.1. The number of nitrogens with zero attached hydrogens (tertiary/aromatic N) is 1. The minimum absolute atomic E-state index is 0.800. The van der Waals surface area contributed by atoms with Gasteiger partial charge in [0.1, 0.15) is 0 Å². The van der Waals surface area contributed by atoms with E-state index in [2.05, 4.69) is 29.2 Å². The average molecular weight is 212 g/mol. The lowest BCUT2D eigenvalue weighted by atomic mass is 10.1. The van der Waals surface area contributed by atoms with Crippen LogP contribution in [0, 0.1) is 0 Å². The lowest BCUT2D eigenvalue weighted by Gasteiger charge is -2.12. The van der Waals surface area contributed by atoms with Gasteiger partial charge in [-0.2, -0.15) is 0 Å². The number of anilines is 2. The van der Waals surface area contributed by atoms with E-state index in [0.717, 1.165) is 5.69 Å². The Labute approximate surface area is 96.3 Å². The zero-order valence-electron chi connectivity index (χ0n) is 9.64. The van der Waals surface area contributed by atoms with E-state index in [1.165, 1.54) is 16.8 Å². The average Bonchev–Trinajstić information content (AvgIpc) is 2.30. The molecule has 16 heavy (non-hydrogen) atoms. The Kier molecular flexibility index (Phi) is 2.82. The number of nitrogen functional groups attached to an aromatic ring is 1. The second-order valence-corrected chi connectivity index (χ2v) is 4.06. The quantitative estimate of drug-likeness (QED) is 0.775. The summed E-state index contributed by atoms with van der Waals surface area (Å²) >= 11 is 0. The summed E-state index contributed by atoms with van der Waals surface area (Å²) in [6.45, 7) is 0. The van der Waals surface area contributed by atoms with Crippen LogP contribution in [0.2, 0.25) is 0 Å². The van der Waals surface area contributed by atoms with Crippen molar-refractivity contribution < 1.29 is 0 Å². The van der Waals surface area contributed by atoms with Gasteiger partial charge in [0.25, 0.3) is 0 Å². The first-order valence-electron chi connectivity index (χ1n) is 5.30. The van der Waals surface area contributed by atoms with Gasteiger partial charge in [0, 0.05) is 25.5 Å². The van der Waals surface area contributed by atoms with Crippen molar-refractivity contribution in [3.05, 3.63) is 48.5 Å². The second kappa shape index (κ2) is 4.27. The molecule has 0 aliphatic rings. The number of rotatable bonds is 2. The van der Waals surface area contributed by atoms with E-state index in [-0.39, 0.29) is 0 Å². The van der Waals surface area contributed by atoms with Crippen molar-refractivity contribution in [3.8, 4) is 11.1 Å². The molecule has 0 heterocycles. The fourth-order valence-corrected chi connectivity index (χ4v) is 1.63. The summed E-state index contributed by atoms with van der Waals surface area (Å²) in [5, 5.41) is 0. The van der Waals surface area contributed by atoms with Crippen LogP contribution in [0.1, 0.15) is 0 Å². The Morgan fingerprint density at radius 2 is 1.19 bits per heavy atom.